The lowest BCUT2D eigenvalue weighted by Crippen LogP contribution is -2.21. The van der Waals surface area contributed by atoms with E-state index in [9.17, 15) is 4.79 Å². The maximum absolute atomic E-state index is 10.4. The Morgan fingerprint density at radius 3 is 2.65 bits per heavy atom. The lowest BCUT2D eigenvalue weighted by Gasteiger charge is -2.21. The topological polar surface area (TPSA) is 49.8 Å². The molecule has 0 aliphatic carbocycles. The Hall–Kier alpha value is -1.71. The Morgan fingerprint density at radius 1 is 1.35 bits per heavy atom. The summed E-state index contributed by atoms with van der Waals surface area (Å²) in [5.41, 5.74) is 1.10. The first-order valence-electron chi connectivity index (χ1n) is 5.87. The maximum atomic E-state index is 10.4. The van der Waals surface area contributed by atoms with Gasteiger partial charge in [-0.1, -0.05) is 6.07 Å². The van der Waals surface area contributed by atoms with Gasteiger partial charge in [0.1, 0.15) is 5.75 Å². The Morgan fingerprint density at radius 2 is 2.06 bits per heavy atom. The first-order chi connectivity index (χ1) is 8.17. The highest BCUT2D eigenvalue weighted by atomic mass is 16.5. The van der Waals surface area contributed by atoms with Gasteiger partial charge in [0.15, 0.2) is 0 Å². The van der Waals surface area contributed by atoms with Gasteiger partial charge < -0.3 is 14.7 Å². The molecular formula is C13H19NO3. The summed E-state index contributed by atoms with van der Waals surface area (Å²) in [4.78, 5) is 12.6. The molecule has 0 saturated carbocycles. The van der Waals surface area contributed by atoms with Gasteiger partial charge in [-0.15, -0.1) is 0 Å². The van der Waals surface area contributed by atoms with Crippen LogP contribution in [0.5, 0.6) is 5.75 Å². The van der Waals surface area contributed by atoms with Crippen molar-refractivity contribution >= 4 is 11.7 Å². The van der Waals surface area contributed by atoms with Crippen molar-refractivity contribution in [1.82, 2.24) is 0 Å². The molecule has 0 amide bonds. The van der Waals surface area contributed by atoms with Crippen LogP contribution >= 0.6 is 0 Å². The Labute approximate surface area is 102 Å². The van der Waals surface area contributed by atoms with E-state index >= 15 is 0 Å². The van der Waals surface area contributed by atoms with E-state index in [0.29, 0.717) is 0 Å². The van der Waals surface area contributed by atoms with Crippen LogP contribution in [0, 0.1) is 0 Å². The van der Waals surface area contributed by atoms with Gasteiger partial charge in [0.2, 0.25) is 0 Å². The molecule has 0 spiro atoms. The highest BCUT2D eigenvalue weighted by Gasteiger charge is 2.03. The van der Waals surface area contributed by atoms with Crippen LogP contribution in [-0.2, 0) is 4.79 Å². The summed E-state index contributed by atoms with van der Waals surface area (Å²) in [6.45, 7) is 6.28. The fourth-order valence-corrected chi connectivity index (χ4v) is 1.61. The molecule has 4 nitrogen and oxygen atoms in total. The smallest absolute Gasteiger partial charge is 0.306 e. The predicted octanol–water partition coefficient (Wildman–Crippen LogP) is 2.39. The summed E-state index contributed by atoms with van der Waals surface area (Å²) in [7, 11) is 0. The molecule has 1 rings (SSSR count). The van der Waals surface area contributed by atoms with Gasteiger partial charge in [-0.25, -0.2) is 0 Å². The Kier molecular flexibility index (Phi) is 5.33. The molecule has 0 radical (unpaired) electrons. The standard InChI is InChI=1S/C13H19NO3/c1-3-14(4-2)11-6-5-7-12(10-11)17-9-8-13(15)16/h5-7,10H,3-4,8-9H2,1-2H3,(H,15,16). The minimum atomic E-state index is -0.843. The zero-order valence-electron chi connectivity index (χ0n) is 10.3. The minimum Gasteiger partial charge on any atom is -0.493 e. The molecule has 0 heterocycles. The van der Waals surface area contributed by atoms with Gasteiger partial charge in [0.05, 0.1) is 13.0 Å². The van der Waals surface area contributed by atoms with Crippen molar-refractivity contribution in [1.29, 1.82) is 0 Å². The van der Waals surface area contributed by atoms with Crippen LogP contribution in [0.3, 0.4) is 0 Å². The van der Waals surface area contributed by atoms with E-state index < -0.39 is 5.97 Å². The van der Waals surface area contributed by atoms with Crippen molar-refractivity contribution in [3.05, 3.63) is 24.3 Å². The van der Waals surface area contributed by atoms with E-state index in [0.717, 1.165) is 24.5 Å². The fraction of sp³-hybridized carbons (Fsp3) is 0.462. The number of nitrogens with zero attached hydrogens (tertiary/aromatic N) is 1. The number of aliphatic carboxylic acids is 1. The first-order valence-corrected chi connectivity index (χ1v) is 5.87. The van der Waals surface area contributed by atoms with Gasteiger partial charge >= 0.3 is 5.97 Å². The zero-order valence-corrected chi connectivity index (χ0v) is 10.3. The Bertz CT molecular complexity index is 361. The maximum Gasteiger partial charge on any atom is 0.306 e. The van der Waals surface area contributed by atoms with E-state index in [2.05, 4.69) is 18.7 Å². The van der Waals surface area contributed by atoms with Crippen molar-refractivity contribution in [2.75, 3.05) is 24.6 Å². The molecule has 4 heteroatoms. The second-order valence-corrected chi connectivity index (χ2v) is 3.66. The molecule has 1 aromatic rings. The summed E-state index contributed by atoms with van der Waals surface area (Å²) in [6.07, 6.45) is 0.0233. The van der Waals surface area contributed by atoms with E-state index in [4.69, 9.17) is 9.84 Å². The SMILES string of the molecule is CCN(CC)c1cccc(OCCC(=O)O)c1. The molecule has 0 aliphatic heterocycles. The van der Waals surface area contributed by atoms with Crippen LogP contribution in [0.25, 0.3) is 0 Å². The zero-order chi connectivity index (χ0) is 12.7. The first kappa shape index (κ1) is 13.4. The van der Waals surface area contributed by atoms with Gasteiger partial charge in [0, 0.05) is 24.8 Å². The van der Waals surface area contributed by atoms with E-state index in [-0.39, 0.29) is 13.0 Å². The third-order valence-electron chi connectivity index (χ3n) is 2.53. The third-order valence-corrected chi connectivity index (χ3v) is 2.53. The lowest BCUT2D eigenvalue weighted by atomic mass is 10.2. The van der Waals surface area contributed by atoms with Crippen molar-refractivity contribution in [2.45, 2.75) is 20.3 Å². The number of hydrogen-bond donors (Lipinski definition) is 1. The van der Waals surface area contributed by atoms with Gasteiger partial charge in [0.25, 0.3) is 0 Å². The van der Waals surface area contributed by atoms with Crippen molar-refractivity contribution in [3.8, 4) is 5.75 Å². The molecule has 1 N–H and O–H groups in total. The number of hydrogen-bond acceptors (Lipinski definition) is 3. The summed E-state index contributed by atoms with van der Waals surface area (Å²) >= 11 is 0. The molecule has 0 aromatic heterocycles. The highest BCUT2D eigenvalue weighted by Crippen LogP contribution is 2.20. The number of ether oxygens (including phenoxy) is 1. The summed E-state index contributed by atoms with van der Waals surface area (Å²) in [5.74, 6) is -0.124. The van der Waals surface area contributed by atoms with Crippen LogP contribution in [0.15, 0.2) is 24.3 Å². The van der Waals surface area contributed by atoms with Gasteiger partial charge in [-0.05, 0) is 26.0 Å². The Balaban J connectivity index is 2.62. The summed E-state index contributed by atoms with van der Waals surface area (Å²) in [6, 6.07) is 7.73. The fourth-order valence-electron chi connectivity index (χ4n) is 1.61. The average molecular weight is 237 g/mol. The van der Waals surface area contributed by atoms with Crippen LogP contribution in [-0.4, -0.2) is 30.8 Å². The van der Waals surface area contributed by atoms with E-state index in [1.807, 2.05) is 24.3 Å². The molecule has 0 bridgehead atoms. The molecule has 94 valence electrons. The number of rotatable bonds is 7. The molecule has 17 heavy (non-hydrogen) atoms. The summed E-state index contributed by atoms with van der Waals surface area (Å²) in [5, 5.41) is 8.52. The second-order valence-electron chi connectivity index (χ2n) is 3.66. The van der Waals surface area contributed by atoms with E-state index in [1.54, 1.807) is 0 Å². The number of carbonyl (C=O) groups is 1. The molecule has 0 saturated heterocycles. The van der Waals surface area contributed by atoms with E-state index in [1.165, 1.54) is 0 Å². The average Bonchev–Trinajstić information content (AvgIpc) is 2.31. The van der Waals surface area contributed by atoms with Gasteiger partial charge in [-0.2, -0.15) is 0 Å². The minimum absolute atomic E-state index is 0.0233. The molecule has 0 aliphatic rings. The molecular weight excluding hydrogens is 218 g/mol. The molecule has 0 unspecified atom stereocenters. The highest BCUT2D eigenvalue weighted by molar-refractivity contribution is 5.66. The molecule has 0 atom stereocenters. The monoisotopic (exact) mass is 237 g/mol. The predicted molar refractivity (Wildman–Crippen MR) is 67.8 cm³/mol. The number of benzene rings is 1. The van der Waals surface area contributed by atoms with Crippen LogP contribution in [0.4, 0.5) is 5.69 Å². The van der Waals surface area contributed by atoms with Crippen LogP contribution in [0.1, 0.15) is 20.3 Å². The lowest BCUT2D eigenvalue weighted by molar-refractivity contribution is -0.137. The van der Waals surface area contributed by atoms with Gasteiger partial charge in [-0.3, -0.25) is 4.79 Å². The number of carboxylic acids is 1. The van der Waals surface area contributed by atoms with Crippen molar-refractivity contribution in [3.63, 3.8) is 0 Å². The molecule has 1 aromatic carbocycles. The normalized spacial score (nSPS) is 10.0. The number of anilines is 1. The largest absolute Gasteiger partial charge is 0.493 e. The van der Waals surface area contributed by atoms with Crippen molar-refractivity contribution in [2.24, 2.45) is 0 Å². The third kappa shape index (κ3) is 4.34. The summed E-state index contributed by atoms with van der Waals surface area (Å²) < 4.78 is 5.39. The quantitative estimate of drug-likeness (QED) is 0.791. The molecule has 0 fully saturated rings. The van der Waals surface area contributed by atoms with Crippen LogP contribution < -0.4 is 9.64 Å². The number of carboxylic acid groups (broad SMARTS) is 1. The second kappa shape index (κ2) is 6.78. The van der Waals surface area contributed by atoms with Crippen LogP contribution in [0.2, 0.25) is 0 Å². The van der Waals surface area contributed by atoms with Crippen molar-refractivity contribution < 1.29 is 14.6 Å².